The number of rotatable bonds is 3. The van der Waals surface area contributed by atoms with Crippen molar-refractivity contribution in [2.24, 2.45) is 0 Å². The predicted octanol–water partition coefficient (Wildman–Crippen LogP) is 4.18. The van der Waals surface area contributed by atoms with Gasteiger partial charge in [0, 0.05) is 16.3 Å². The Morgan fingerprint density at radius 3 is 2.29 bits per heavy atom. The van der Waals surface area contributed by atoms with E-state index in [0.717, 1.165) is 16.3 Å². The van der Waals surface area contributed by atoms with Gasteiger partial charge >= 0.3 is 0 Å². The Kier molecular flexibility index (Phi) is 3.75. The summed E-state index contributed by atoms with van der Waals surface area (Å²) in [4.78, 5) is 1.16. The maximum Gasteiger partial charge on any atom is 0.0452 e. The molecular weight excluding hydrogens is 226 g/mol. The molecule has 0 aromatic heterocycles. The number of thioether (sulfide) groups is 1. The molecule has 2 aromatic carbocycles. The minimum absolute atomic E-state index is 0.863. The summed E-state index contributed by atoms with van der Waals surface area (Å²) < 4.78 is 0. The van der Waals surface area contributed by atoms with Crippen molar-refractivity contribution in [1.82, 2.24) is 0 Å². The highest BCUT2D eigenvalue weighted by atomic mass is 32.2. The van der Waals surface area contributed by atoms with Crippen LogP contribution in [0.3, 0.4) is 0 Å². The summed E-state index contributed by atoms with van der Waals surface area (Å²) in [6.45, 7) is 4.27. The van der Waals surface area contributed by atoms with Gasteiger partial charge in [0.15, 0.2) is 0 Å². The standard InChI is InChI=1S/C15H17NS/c1-11-7-12(2)9-13(8-11)10-17-15-6-4-3-5-14(15)16/h3-9H,10,16H2,1-2H3. The minimum atomic E-state index is 0.863. The Bertz CT molecular complexity index is 500. The number of nitrogen functional groups attached to an aromatic ring is 1. The molecule has 0 atom stereocenters. The van der Waals surface area contributed by atoms with E-state index in [1.807, 2.05) is 18.2 Å². The van der Waals surface area contributed by atoms with Crippen LogP contribution in [0.4, 0.5) is 5.69 Å². The van der Waals surface area contributed by atoms with E-state index in [4.69, 9.17) is 5.73 Å². The number of hydrogen-bond donors (Lipinski definition) is 1. The average Bonchev–Trinajstić information content (AvgIpc) is 2.27. The van der Waals surface area contributed by atoms with Gasteiger partial charge in [0.25, 0.3) is 0 Å². The van der Waals surface area contributed by atoms with Gasteiger partial charge in [-0.3, -0.25) is 0 Å². The Morgan fingerprint density at radius 2 is 1.65 bits per heavy atom. The molecule has 2 aromatic rings. The fraction of sp³-hybridized carbons (Fsp3) is 0.200. The van der Waals surface area contributed by atoms with Crippen molar-refractivity contribution in [3.8, 4) is 0 Å². The van der Waals surface area contributed by atoms with Gasteiger partial charge in [0.1, 0.15) is 0 Å². The molecule has 0 saturated heterocycles. The fourth-order valence-corrected chi connectivity index (χ4v) is 2.82. The molecule has 0 saturated carbocycles. The zero-order chi connectivity index (χ0) is 12.3. The van der Waals surface area contributed by atoms with E-state index in [2.05, 4.69) is 38.1 Å². The molecule has 0 aliphatic carbocycles. The number of aryl methyl sites for hydroxylation is 2. The van der Waals surface area contributed by atoms with Crippen LogP contribution in [0.5, 0.6) is 0 Å². The number of para-hydroxylation sites is 1. The second-order valence-electron chi connectivity index (χ2n) is 4.32. The van der Waals surface area contributed by atoms with Crippen LogP contribution in [0.15, 0.2) is 47.4 Å². The number of nitrogens with two attached hydrogens (primary N) is 1. The van der Waals surface area contributed by atoms with Crippen molar-refractivity contribution in [1.29, 1.82) is 0 Å². The minimum Gasteiger partial charge on any atom is -0.398 e. The molecule has 0 unspecified atom stereocenters. The second kappa shape index (κ2) is 5.28. The van der Waals surface area contributed by atoms with Gasteiger partial charge in [-0.15, -0.1) is 11.8 Å². The smallest absolute Gasteiger partial charge is 0.0452 e. The molecule has 2 N–H and O–H groups in total. The van der Waals surface area contributed by atoms with Gasteiger partial charge in [-0.2, -0.15) is 0 Å². The first kappa shape index (κ1) is 12.1. The highest BCUT2D eigenvalue weighted by Crippen LogP contribution is 2.28. The van der Waals surface area contributed by atoms with Gasteiger partial charge in [0.2, 0.25) is 0 Å². The summed E-state index contributed by atoms with van der Waals surface area (Å²) in [5.74, 6) is 0.969. The van der Waals surface area contributed by atoms with Crippen LogP contribution >= 0.6 is 11.8 Å². The van der Waals surface area contributed by atoms with Crippen molar-refractivity contribution in [3.63, 3.8) is 0 Å². The summed E-state index contributed by atoms with van der Waals surface area (Å²) in [7, 11) is 0. The Balaban J connectivity index is 2.10. The van der Waals surface area contributed by atoms with Gasteiger partial charge in [-0.05, 0) is 31.5 Å². The number of anilines is 1. The van der Waals surface area contributed by atoms with Crippen molar-refractivity contribution in [2.75, 3.05) is 5.73 Å². The van der Waals surface area contributed by atoms with Crippen molar-refractivity contribution < 1.29 is 0 Å². The summed E-state index contributed by atoms with van der Waals surface area (Å²) in [6, 6.07) is 14.7. The van der Waals surface area contributed by atoms with Crippen LogP contribution in [-0.4, -0.2) is 0 Å². The monoisotopic (exact) mass is 243 g/mol. The summed E-state index contributed by atoms with van der Waals surface area (Å²) >= 11 is 1.79. The second-order valence-corrected chi connectivity index (χ2v) is 5.34. The first-order valence-corrected chi connectivity index (χ1v) is 6.68. The molecule has 0 fully saturated rings. The van der Waals surface area contributed by atoms with Gasteiger partial charge in [-0.1, -0.05) is 41.5 Å². The van der Waals surface area contributed by atoms with Crippen LogP contribution in [0.2, 0.25) is 0 Å². The van der Waals surface area contributed by atoms with E-state index in [9.17, 15) is 0 Å². The van der Waals surface area contributed by atoms with E-state index in [1.54, 1.807) is 11.8 Å². The molecule has 2 rings (SSSR count). The zero-order valence-electron chi connectivity index (χ0n) is 10.2. The SMILES string of the molecule is Cc1cc(C)cc(CSc2ccccc2N)c1. The third kappa shape index (κ3) is 3.27. The lowest BCUT2D eigenvalue weighted by molar-refractivity contribution is 1.29. The Morgan fingerprint density at radius 1 is 1.00 bits per heavy atom. The Labute approximate surface area is 107 Å². The van der Waals surface area contributed by atoms with Crippen molar-refractivity contribution in [2.45, 2.75) is 24.5 Å². The number of hydrogen-bond acceptors (Lipinski definition) is 2. The zero-order valence-corrected chi connectivity index (χ0v) is 11.1. The first-order valence-electron chi connectivity index (χ1n) is 5.69. The lowest BCUT2D eigenvalue weighted by Crippen LogP contribution is -1.89. The third-order valence-electron chi connectivity index (χ3n) is 2.59. The normalized spacial score (nSPS) is 10.5. The Hall–Kier alpha value is -1.41. The molecule has 88 valence electrons. The molecule has 17 heavy (non-hydrogen) atoms. The molecule has 1 nitrogen and oxygen atoms in total. The van der Waals surface area contributed by atoms with Crippen LogP contribution < -0.4 is 5.73 Å². The summed E-state index contributed by atoms with van der Waals surface area (Å²) in [5, 5.41) is 0. The van der Waals surface area contributed by atoms with Crippen LogP contribution in [0, 0.1) is 13.8 Å². The number of benzene rings is 2. The molecule has 0 bridgehead atoms. The lowest BCUT2D eigenvalue weighted by Gasteiger charge is -2.07. The quantitative estimate of drug-likeness (QED) is 0.646. The van der Waals surface area contributed by atoms with Gasteiger partial charge in [0.05, 0.1) is 0 Å². The highest BCUT2D eigenvalue weighted by Gasteiger charge is 2.01. The molecule has 0 aliphatic rings. The maximum absolute atomic E-state index is 5.92. The molecule has 0 aliphatic heterocycles. The third-order valence-corrected chi connectivity index (χ3v) is 3.76. The highest BCUT2D eigenvalue weighted by molar-refractivity contribution is 7.98. The van der Waals surface area contributed by atoms with E-state index >= 15 is 0 Å². The van der Waals surface area contributed by atoms with Crippen molar-refractivity contribution in [3.05, 3.63) is 59.2 Å². The van der Waals surface area contributed by atoms with E-state index in [0.29, 0.717) is 0 Å². The van der Waals surface area contributed by atoms with Crippen LogP contribution in [0.1, 0.15) is 16.7 Å². The lowest BCUT2D eigenvalue weighted by atomic mass is 10.1. The molecule has 2 heteroatoms. The van der Waals surface area contributed by atoms with Crippen LogP contribution in [0.25, 0.3) is 0 Å². The van der Waals surface area contributed by atoms with E-state index in [-0.39, 0.29) is 0 Å². The molecule has 0 radical (unpaired) electrons. The molecule has 0 spiro atoms. The predicted molar refractivity (Wildman–Crippen MR) is 76.3 cm³/mol. The average molecular weight is 243 g/mol. The fourth-order valence-electron chi connectivity index (χ4n) is 1.93. The topological polar surface area (TPSA) is 26.0 Å². The van der Waals surface area contributed by atoms with Gasteiger partial charge in [-0.25, -0.2) is 0 Å². The maximum atomic E-state index is 5.92. The largest absolute Gasteiger partial charge is 0.398 e. The molecule has 0 heterocycles. The summed E-state index contributed by atoms with van der Waals surface area (Å²) in [5.41, 5.74) is 10.8. The molecule has 0 amide bonds. The molecular formula is C15H17NS. The van der Waals surface area contributed by atoms with E-state index in [1.165, 1.54) is 16.7 Å². The first-order chi connectivity index (χ1) is 8.15. The van der Waals surface area contributed by atoms with E-state index < -0.39 is 0 Å². The van der Waals surface area contributed by atoms with Crippen LogP contribution in [-0.2, 0) is 5.75 Å². The van der Waals surface area contributed by atoms with Crippen molar-refractivity contribution >= 4 is 17.4 Å². The summed E-state index contributed by atoms with van der Waals surface area (Å²) in [6.07, 6.45) is 0. The van der Waals surface area contributed by atoms with Gasteiger partial charge < -0.3 is 5.73 Å².